The monoisotopic (exact) mass is 389 g/mol. The normalized spacial score (nSPS) is 11.4. The van der Waals surface area contributed by atoms with E-state index in [1.807, 2.05) is 6.92 Å². The Morgan fingerprint density at radius 2 is 1.79 bits per heavy atom. The quantitative estimate of drug-likeness (QED) is 0.659. The number of rotatable bonds is 9. The predicted molar refractivity (Wildman–Crippen MR) is 103 cm³/mol. The van der Waals surface area contributed by atoms with Crippen molar-refractivity contribution in [2.45, 2.75) is 33.3 Å². The van der Waals surface area contributed by atoms with Crippen molar-refractivity contribution in [3.05, 3.63) is 53.8 Å². The van der Waals surface area contributed by atoms with Crippen LogP contribution in [0.1, 0.15) is 25.8 Å². The molecule has 1 N–H and O–H groups in total. The van der Waals surface area contributed by atoms with Crippen LogP contribution in [0.5, 0.6) is 11.5 Å². The van der Waals surface area contributed by atoms with Crippen molar-refractivity contribution in [3.63, 3.8) is 0 Å². The molecule has 0 aromatic heterocycles. The number of halogens is 1. The number of aryl methyl sites for hydroxylation is 1. The lowest BCUT2D eigenvalue weighted by Crippen LogP contribution is -2.31. The Bertz CT molecular complexity index is 824. The van der Waals surface area contributed by atoms with Gasteiger partial charge in [-0.05, 0) is 50.1 Å². The molecule has 2 aromatic carbocycles. The molecule has 2 rings (SSSR count). The van der Waals surface area contributed by atoms with Gasteiger partial charge in [0.25, 0.3) is 5.91 Å². The molecule has 2 aromatic rings. The fraction of sp³-hybridized carbons (Fsp3) is 0.333. The number of hydrogen-bond acceptors (Lipinski definition) is 5. The van der Waals surface area contributed by atoms with Crippen LogP contribution in [0.25, 0.3) is 0 Å². The van der Waals surface area contributed by atoms with Gasteiger partial charge in [-0.3, -0.25) is 4.79 Å². The molecule has 6 nitrogen and oxygen atoms in total. The summed E-state index contributed by atoms with van der Waals surface area (Å²) in [6.45, 7) is 5.19. The van der Waals surface area contributed by atoms with Crippen LogP contribution in [0.3, 0.4) is 0 Å². The zero-order valence-electron chi connectivity index (χ0n) is 16.2. The third-order valence-corrected chi connectivity index (χ3v) is 3.77. The maximum absolute atomic E-state index is 13.5. The highest BCUT2D eigenvalue weighted by atomic mass is 19.1. The Balaban J connectivity index is 1.85. The van der Waals surface area contributed by atoms with Crippen molar-refractivity contribution < 1.29 is 28.2 Å². The van der Waals surface area contributed by atoms with Gasteiger partial charge in [-0.15, -0.1) is 0 Å². The topological polar surface area (TPSA) is 73.9 Å². The zero-order chi connectivity index (χ0) is 20.5. The molecule has 0 spiro atoms. The van der Waals surface area contributed by atoms with Crippen molar-refractivity contribution in [1.82, 2.24) is 0 Å². The lowest BCUT2D eigenvalue weighted by Gasteiger charge is -2.15. The number of nitrogens with one attached hydrogen (secondary N) is 1. The van der Waals surface area contributed by atoms with Gasteiger partial charge in [-0.2, -0.15) is 0 Å². The van der Waals surface area contributed by atoms with E-state index in [0.29, 0.717) is 23.7 Å². The van der Waals surface area contributed by atoms with Gasteiger partial charge in [-0.1, -0.05) is 25.1 Å². The highest BCUT2D eigenvalue weighted by Crippen LogP contribution is 2.26. The number of ether oxygens (including phenoxy) is 3. The average Bonchev–Trinajstić information content (AvgIpc) is 2.68. The van der Waals surface area contributed by atoms with E-state index in [0.717, 1.165) is 6.42 Å². The van der Waals surface area contributed by atoms with Crippen LogP contribution < -0.4 is 14.8 Å². The van der Waals surface area contributed by atoms with E-state index < -0.39 is 23.8 Å². The minimum Gasteiger partial charge on any atom is -0.490 e. The second-order valence-electron chi connectivity index (χ2n) is 6.17. The molecule has 0 saturated carbocycles. The summed E-state index contributed by atoms with van der Waals surface area (Å²) in [4.78, 5) is 24.1. The van der Waals surface area contributed by atoms with Gasteiger partial charge >= 0.3 is 5.97 Å². The fourth-order valence-electron chi connectivity index (χ4n) is 2.24. The molecule has 28 heavy (non-hydrogen) atoms. The van der Waals surface area contributed by atoms with E-state index in [-0.39, 0.29) is 12.3 Å². The van der Waals surface area contributed by atoms with Gasteiger partial charge in [0.1, 0.15) is 5.82 Å². The number of carbonyl (C=O) groups is 2. The van der Waals surface area contributed by atoms with Gasteiger partial charge in [0.15, 0.2) is 24.2 Å². The molecule has 0 saturated heterocycles. The molecule has 1 atom stereocenters. The second-order valence-corrected chi connectivity index (χ2v) is 6.17. The third kappa shape index (κ3) is 6.26. The lowest BCUT2D eigenvalue weighted by atomic mass is 10.2. The van der Waals surface area contributed by atoms with Crippen molar-refractivity contribution in [3.8, 4) is 11.5 Å². The number of carbonyl (C=O) groups excluding carboxylic acids is 2. The number of hydrogen-bond donors (Lipinski definition) is 1. The van der Waals surface area contributed by atoms with Crippen molar-refractivity contribution in [2.75, 3.05) is 18.5 Å². The molecule has 0 heterocycles. The van der Waals surface area contributed by atoms with Crippen molar-refractivity contribution >= 4 is 17.6 Å². The van der Waals surface area contributed by atoms with Crippen molar-refractivity contribution in [1.29, 1.82) is 0 Å². The Morgan fingerprint density at radius 1 is 1.11 bits per heavy atom. The Hall–Kier alpha value is -3.09. The van der Waals surface area contributed by atoms with Gasteiger partial charge in [0, 0.05) is 5.69 Å². The van der Waals surface area contributed by atoms with E-state index in [4.69, 9.17) is 14.2 Å². The number of anilines is 1. The standard InChI is InChI=1S/C21H24FNO5/c1-4-11-26-18-7-5-6-8-19(18)27-13-20(24)28-15(3)21(25)23-16-10-9-14(2)17(22)12-16/h5-10,12,15H,4,11,13H2,1-3H3,(H,23,25)/t15-/m1/s1. The fourth-order valence-corrected chi connectivity index (χ4v) is 2.24. The molecule has 0 aliphatic rings. The molecule has 0 fully saturated rings. The van der Waals surface area contributed by atoms with Crippen LogP contribution in [0.15, 0.2) is 42.5 Å². The first-order valence-electron chi connectivity index (χ1n) is 9.01. The van der Waals surface area contributed by atoms with Gasteiger partial charge in [-0.25, -0.2) is 9.18 Å². The lowest BCUT2D eigenvalue weighted by molar-refractivity contribution is -0.155. The molecule has 0 bridgehead atoms. The molecule has 0 aliphatic heterocycles. The number of para-hydroxylation sites is 2. The third-order valence-electron chi connectivity index (χ3n) is 3.77. The predicted octanol–water partition coefficient (Wildman–Crippen LogP) is 3.87. The molecule has 150 valence electrons. The first-order chi connectivity index (χ1) is 13.4. The maximum Gasteiger partial charge on any atom is 0.344 e. The highest BCUT2D eigenvalue weighted by Gasteiger charge is 2.19. The molecular formula is C21H24FNO5. The first kappa shape index (κ1) is 21.2. The summed E-state index contributed by atoms with van der Waals surface area (Å²) < 4.78 is 29.6. The van der Waals surface area contributed by atoms with Crippen LogP contribution in [-0.2, 0) is 14.3 Å². The van der Waals surface area contributed by atoms with Crippen molar-refractivity contribution in [2.24, 2.45) is 0 Å². The summed E-state index contributed by atoms with van der Waals surface area (Å²) in [6, 6.07) is 11.3. The van der Waals surface area contributed by atoms with Crippen LogP contribution in [0, 0.1) is 12.7 Å². The number of esters is 1. The minimum absolute atomic E-state index is 0.286. The van der Waals surface area contributed by atoms with E-state index in [1.54, 1.807) is 43.3 Å². The number of benzene rings is 2. The van der Waals surface area contributed by atoms with Gasteiger partial charge < -0.3 is 19.5 Å². The first-order valence-corrected chi connectivity index (χ1v) is 9.01. The molecule has 0 radical (unpaired) electrons. The number of amides is 1. The summed E-state index contributed by atoms with van der Waals surface area (Å²) in [5, 5.41) is 2.50. The maximum atomic E-state index is 13.5. The molecule has 0 unspecified atom stereocenters. The second kappa shape index (κ2) is 10.3. The molecule has 0 aliphatic carbocycles. The minimum atomic E-state index is -1.06. The van der Waals surface area contributed by atoms with Crippen LogP contribution in [0.4, 0.5) is 10.1 Å². The van der Waals surface area contributed by atoms with E-state index in [2.05, 4.69) is 5.32 Å². The Labute approximate surface area is 163 Å². The SMILES string of the molecule is CCCOc1ccccc1OCC(=O)O[C@H](C)C(=O)Nc1ccc(C)c(F)c1. The summed E-state index contributed by atoms with van der Waals surface area (Å²) in [5.41, 5.74) is 0.757. The Kier molecular flexibility index (Phi) is 7.80. The summed E-state index contributed by atoms with van der Waals surface area (Å²) in [5.74, 6) is -0.754. The molecular weight excluding hydrogens is 365 g/mol. The summed E-state index contributed by atoms with van der Waals surface area (Å²) in [7, 11) is 0. The van der Waals surface area contributed by atoms with Gasteiger partial charge in [0.2, 0.25) is 0 Å². The molecule has 7 heteroatoms. The van der Waals surface area contributed by atoms with E-state index >= 15 is 0 Å². The molecule has 1 amide bonds. The Morgan fingerprint density at radius 3 is 2.43 bits per heavy atom. The smallest absolute Gasteiger partial charge is 0.344 e. The summed E-state index contributed by atoms with van der Waals surface area (Å²) in [6.07, 6.45) is -0.222. The van der Waals surface area contributed by atoms with E-state index in [9.17, 15) is 14.0 Å². The average molecular weight is 389 g/mol. The van der Waals surface area contributed by atoms with Gasteiger partial charge in [0.05, 0.1) is 6.61 Å². The summed E-state index contributed by atoms with van der Waals surface area (Å²) >= 11 is 0. The zero-order valence-corrected chi connectivity index (χ0v) is 16.2. The van der Waals surface area contributed by atoms with Crippen LogP contribution in [0.2, 0.25) is 0 Å². The highest BCUT2D eigenvalue weighted by molar-refractivity contribution is 5.95. The van der Waals surface area contributed by atoms with E-state index in [1.165, 1.54) is 13.0 Å². The van der Waals surface area contributed by atoms with Crippen LogP contribution >= 0.6 is 0 Å². The van der Waals surface area contributed by atoms with Crippen LogP contribution in [-0.4, -0.2) is 31.2 Å². The largest absolute Gasteiger partial charge is 0.490 e.